The van der Waals surface area contributed by atoms with Gasteiger partial charge in [0.1, 0.15) is 11.6 Å². The second kappa shape index (κ2) is 9.04. The number of carbonyl (C=O) groups is 1. The van der Waals surface area contributed by atoms with E-state index in [4.69, 9.17) is 11.6 Å². The van der Waals surface area contributed by atoms with E-state index < -0.39 is 5.91 Å². The van der Waals surface area contributed by atoms with Crippen molar-refractivity contribution in [1.82, 2.24) is 4.90 Å². The summed E-state index contributed by atoms with van der Waals surface area (Å²) in [5.41, 5.74) is 0.669. The van der Waals surface area contributed by atoms with Gasteiger partial charge < -0.3 is 10.2 Å². The molecule has 0 radical (unpaired) electrons. The van der Waals surface area contributed by atoms with Gasteiger partial charge in [0.2, 0.25) is 0 Å². The Morgan fingerprint density at radius 1 is 1.38 bits per heavy atom. The first kappa shape index (κ1) is 17.1. The number of benzene rings is 1. The number of hydrogen-bond donors (Lipinski definition) is 1. The Morgan fingerprint density at radius 2 is 2.05 bits per heavy atom. The molecule has 0 spiro atoms. The van der Waals surface area contributed by atoms with E-state index in [0.717, 1.165) is 25.9 Å². The fraction of sp³-hybridized carbons (Fsp3) is 0.375. The zero-order chi connectivity index (χ0) is 15.7. The number of nitrogens with one attached hydrogen (secondary N) is 1. The molecule has 4 nitrogen and oxygen atoms in total. The molecule has 0 aliphatic rings. The van der Waals surface area contributed by atoms with Crippen LogP contribution in [0.2, 0.25) is 5.02 Å². The van der Waals surface area contributed by atoms with Crippen molar-refractivity contribution in [3.63, 3.8) is 0 Å². The summed E-state index contributed by atoms with van der Waals surface area (Å²) >= 11 is 5.87. The molecule has 0 heterocycles. The first-order valence-corrected chi connectivity index (χ1v) is 7.41. The molecule has 0 unspecified atom stereocenters. The van der Waals surface area contributed by atoms with Crippen LogP contribution in [0.3, 0.4) is 0 Å². The van der Waals surface area contributed by atoms with Crippen LogP contribution in [0.15, 0.2) is 36.0 Å². The van der Waals surface area contributed by atoms with Gasteiger partial charge in [0, 0.05) is 30.0 Å². The normalized spacial score (nSPS) is 10.9. The van der Waals surface area contributed by atoms with Gasteiger partial charge in [-0.2, -0.15) is 5.26 Å². The highest BCUT2D eigenvalue weighted by Gasteiger charge is 2.11. The van der Waals surface area contributed by atoms with Crippen molar-refractivity contribution >= 4 is 23.2 Å². The number of nitriles is 1. The molecule has 112 valence electrons. The molecule has 1 amide bonds. The minimum absolute atomic E-state index is 0.0943. The molecule has 1 rings (SSSR count). The maximum absolute atomic E-state index is 12.1. The molecule has 0 aliphatic carbocycles. The smallest absolute Gasteiger partial charge is 0.267 e. The third-order valence-electron chi connectivity index (χ3n) is 2.78. The van der Waals surface area contributed by atoms with E-state index >= 15 is 0 Å². The van der Waals surface area contributed by atoms with Gasteiger partial charge in [-0.3, -0.25) is 4.79 Å². The summed E-state index contributed by atoms with van der Waals surface area (Å²) in [6, 6.07) is 8.80. The predicted octanol–water partition coefficient (Wildman–Crippen LogP) is 3.81. The average Bonchev–Trinajstić information content (AvgIpc) is 2.45. The Bertz CT molecular complexity index is 543. The van der Waals surface area contributed by atoms with Crippen LogP contribution in [0.5, 0.6) is 0 Å². The average molecular weight is 306 g/mol. The van der Waals surface area contributed by atoms with Crippen molar-refractivity contribution in [3.8, 4) is 6.07 Å². The molecule has 0 atom stereocenters. The van der Waals surface area contributed by atoms with Gasteiger partial charge >= 0.3 is 0 Å². The van der Waals surface area contributed by atoms with E-state index in [9.17, 15) is 10.1 Å². The van der Waals surface area contributed by atoms with E-state index in [1.165, 1.54) is 0 Å². The van der Waals surface area contributed by atoms with E-state index in [2.05, 4.69) is 19.2 Å². The highest BCUT2D eigenvalue weighted by atomic mass is 35.5. The van der Waals surface area contributed by atoms with Crippen LogP contribution in [0, 0.1) is 11.3 Å². The topological polar surface area (TPSA) is 56.1 Å². The van der Waals surface area contributed by atoms with Crippen LogP contribution in [-0.2, 0) is 4.79 Å². The summed E-state index contributed by atoms with van der Waals surface area (Å²) < 4.78 is 0. The van der Waals surface area contributed by atoms with Crippen molar-refractivity contribution in [1.29, 1.82) is 5.26 Å². The molecule has 0 bridgehead atoms. The number of nitrogens with zero attached hydrogens (tertiary/aromatic N) is 2. The predicted molar refractivity (Wildman–Crippen MR) is 85.9 cm³/mol. The van der Waals surface area contributed by atoms with Gasteiger partial charge in [-0.1, -0.05) is 31.5 Å². The van der Waals surface area contributed by atoms with Crippen LogP contribution in [0.1, 0.15) is 26.7 Å². The Labute approximate surface area is 131 Å². The van der Waals surface area contributed by atoms with Crippen molar-refractivity contribution in [2.24, 2.45) is 0 Å². The van der Waals surface area contributed by atoms with Crippen molar-refractivity contribution in [2.45, 2.75) is 26.7 Å². The Hall–Kier alpha value is -1.99. The molecular formula is C16H20ClN3O. The minimum atomic E-state index is -0.419. The van der Waals surface area contributed by atoms with Crippen molar-refractivity contribution in [3.05, 3.63) is 41.1 Å². The first-order chi connectivity index (χ1) is 10.1. The quantitative estimate of drug-likeness (QED) is 0.615. The van der Waals surface area contributed by atoms with Crippen LogP contribution < -0.4 is 5.32 Å². The molecule has 1 aromatic rings. The fourth-order valence-electron chi connectivity index (χ4n) is 1.90. The van der Waals surface area contributed by atoms with Gasteiger partial charge in [-0.05, 0) is 31.0 Å². The van der Waals surface area contributed by atoms with Crippen LogP contribution in [0.25, 0.3) is 0 Å². The maximum atomic E-state index is 12.1. The SMILES string of the molecule is CCCN(/C=C(/C#N)C(=O)Nc1cccc(Cl)c1)CCC. The summed E-state index contributed by atoms with van der Waals surface area (Å²) in [4.78, 5) is 14.1. The monoisotopic (exact) mass is 305 g/mol. The number of hydrogen-bond acceptors (Lipinski definition) is 3. The van der Waals surface area contributed by atoms with Crippen LogP contribution in [-0.4, -0.2) is 23.9 Å². The number of halogens is 1. The van der Waals surface area contributed by atoms with Gasteiger partial charge in [0.05, 0.1) is 0 Å². The Kier molecular flexibility index (Phi) is 7.34. The standard InChI is InChI=1S/C16H20ClN3O/c1-3-8-20(9-4-2)12-13(11-18)16(21)19-15-7-5-6-14(17)10-15/h5-7,10,12H,3-4,8-9H2,1-2H3,(H,19,21)/b13-12-. The van der Waals surface area contributed by atoms with E-state index in [-0.39, 0.29) is 5.57 Å². The van der Waals surface area contributed by atoms with Crippen LogP contribution >= 0.6 is 11.6 Å². The van der Waals surface area contributed by atoms with Gasteiger partial charge in [0.15, 0.2) is 0 Å². The van der Waals surface area contributed by atoms with E-state index in [0.29, 0.717) is 10.7 Å². The van der Waals surface area contributed by atoms with Gasteiger partial charge in [-0.25, -0.2) is 0 Å². The van der Waals surface area contributed by atoms with E-state index in [1.54, 1.807) is 30.5 Å². The Morgan fingerprint density at radius 3 is 2.57 bits per heavy atom. The molecule has 1 aromatic carbocycles. The molecule has 1 N–H and O–H groups in total. The summed E-state index contributed by atoms with van der Waals surface area (Å²) in [5.74, 6) is -0.419. The number of rotatable bonds is 7. The molecule has 21 heavy (non-hydrogen) atoms. The van der Waals surface area contributed by atoms with Gasteiger partial charge in [0.25, 0.3) is 5.91 Å². The zero-order valence-corrected chi connectivity index (χ0v) is 13.2. The fourth-order valence-corrected chi connectivity index (χ4v) is 2.09. The highest BCUT2D eigenvalue weighted by molar-refractivity contribution is 6.31. The lowest BCUT2D eigenvalue weighted by molar-refractivity contribution is -0.112. The third-order valence-corrected chi connectivity index (χ3v) is 3.02. The lowest BCUT2D eigenvalue weighted by atomic mass is 10.2. The molecule has 0 aliphatic heterocycles. The van der Waals surface area contributed by atoms with E-state index in [1.807, 2.05) is 11.0 Å². The lowest BCUT2D eigenvalue weighted by Crippen LogP contribution is -2.22. The lowest BCUT2D eigenvalue weighted by Gasteiger charge is -2.19. The number of carbonyl (C=O) groups excluding carboxylic acids is 1. The highest BCUT2D eigenvalue weighted by Crippen LogP contribution is 2.15. The summed E-state index contributed by atoms with van der Waals surface area (Å²) in [7, 11) is 0. The maximum Gasteiger partial charge on any atom is 0.267 e. The summed E-state index contributed by atoms with van der Waals surface area (Å²) in [6.45, 7) is 5.77. The van der Waals surface area contributed by atoms with Gasteiger partial charge in [-0.15, -0.1) is 0 Å². The van der Waals surface area contributed by atoms with Crippen LogP contribution in [0.4, 0.5) is 5.69 Å². The third kappa shape index (κ3) is 5.88. The largest absolute Gasteiger partial charge is 0.376 e. The molecule has 0 saturated heterocycles. The molecule has 0 saturated carbocycles. The second-order valence-electron chi connectivity index (χ2n) is 4.66. The van der Waals surface area contributed by atoms with Crippen molar-refractivity contribution in [2.75, 3.05) is 18.4 Å². The zero-order valence-electron chi connectivity index (χ0n) is 12.4. The minimum Gasteiger partial charge on any atom is -0.376 e. The number of anilines is 1. The first-order valence-electron chi connectivity index (χ1n) is 7.03. The Balaban J connectivity index is 2.83. The number of amides is 1. The van der Waals surface area contributed by atoms with Crippen molar-refractivity contribution < 1.29 is 4.79 Å². The molecular weight excluding hydrogens is 286 g/mol. The summed E-state index contributed by atoms with van der Waals surface area (Å²) in [5, 5.41) is 12.4. The molecule has 5 heteroatoms. The molecule has 0 fully saturated rings. The second-order valence-corrected chi connectivity index (χ2v) is 5.09. The summed E-state index contributed by atoms with van der Waals surface area (Å²) in [6.07, 6.45) is 3.56. The molecule has 0 aromatic heterocycles.